The first kappa shape index (κ1) is 14.3. The van der Waals surface area contributed by atoms with Crippen LogP contribution < -0.4 is 0 Å². The molecule has 0 unspecified atom stereocenters. The molecule has 1 rings (SSSR count). The molecule has 5 nitrogen and oxygen atoms in total. The number of carbonyl (C=O) groups is 2. The van der Waals surface area contributed by atoms with Gasteiger partial charge in [0.05, 0.1) is 18.3 Å². The predicted molar refractivity (Wildman–Crippen MR) is 66.8 cm³/mol. The molecule has 0 atom stereocenters. The van der Waals surface area contributed by atoms with Crippen molar-refractivity contribution in [2.45, 2.75) is 40.7 Å². The lowest BCUT2D eigenvalue weighted by Gasteiger charge is -2.07. The molecule has 18 heavy (non-hydrogen) atoms. The highest BCUT2D eigenvalue weighted by molar-refractivity contribution is 5.98. The second-order valence-corrected chi connectivity index (χ2v) is 4.30. The van der Waals surface area contributed by atoms with E-state index in [0.29, 0.717) is 29.1 Å². The van der Waals surface area contributed by atoms with Crippen LogP contribution in [-0.2, 0) is 9.47 Å². The number of esters is 2. The summed E-state index contributed by atoms with van der Waals surface area (Å²) in [4.78, 5) is 26.4. The van der Waals surface area contributed by atoms with E-state index in [1.54, 1.807) is 34.6 Å². The van der Waals surface area contributed by atoms with Crippen molar-refractivity contribution in [3.05, 3.63) is 22.5 Å². The minimum absolute atomic E-state index is 0.202. The molecule has 0 saturated carbocycles. The van der Waals surface area contributed by atoms with Crippen LogP contribution in [0.3, 0.4) is 0 Å². The Morgan fingerprint density at radius 1 is 1.22 bits per heavy atom. The van der Waals surface area contributed by atoms with Crippen LogP contribution in [0.4, 0.5) is 0 Å². The van der Waals surface area contributed by atoms with Gasteiger partial charge < -0.3 is 14.5 Å². The van der Waals surface area contributed by atoms with Crippen molar-refractivity contribution >= 4 is 11.9 Å². The molecule has 0 bridgehead atoms. The third kappa shape index (κ3) is 2.91. The Kier molecular flexibility index (Phi) is 4.53. The zero-order valence-electron chi connectivity index (χ0n) is 11.4. The predicted octanol–water partition coefficient (Wildman–Crippen LogP) is 2.37. The van der Waals surface area contributed by atoms with Crippen molar-refractivity contribution in [2.24, 2.45) is 0 Å². The summed E-state index contributed by atoms with van der Waals surface area (Å²) in [5, 5.41) is 0. The Morgan fingerprint density at radius 2 is 1.83 bits per heavy atom. The van der Waals surface area contributed by atoms with Crippen LogP contribution in [0.25, 0.3) is 0 Å². The number of nitrogens with one attached hydrogen (secondary N) is 1. The summed E-state index contributed by atoms with van der Waals surface area (Å²) in [5.74, 6) is -0.881. The third-order valence-electron chi connectivity index (χ3n) is 2.46. The summed E-state index contributed by atoms with van der Waals surface area (Å²) in [6, 6.07) is 0. The van der Waals surface area contributed by atoms with Crippen LogP contribution in [0.15, 0.2) is 0 Å². The standard InChI is InChI=1S/C13H19NO4/c1-6-17-12(15)10-8(4)11(14-9(10)5)13(16)18-7(2)3/h7,14H,6H2,1-5H3. The van der Waals surface area contributed by atoms with Crippen molar-refractivity contribution in [2.75, 3.05) is 6.61 Å². The number of H-pyrrole nitrogens is 1. The van der Waals surface area contributed by atoms with Gasteiger partial charge in [0.2, 0.25) is 0 Å². The van der Waals surface area contributed by atoms with Crippen LogP contribution in [0, 0.1) is 13.8 Å². The van der Waals surface area contributed by atoms with Gasteiger partial charge in [0, 0.05) is 5.69 Å². The molecule has 0 aliphatic rings. The van der Waals surface area contributed by atoms with Crippen molar-refractivity contribution in [3.8, 4) is 0 Å². The average Bonchev–Trinajstić information content (AvgIpc) is 2.53. The van der Waals surface area contributed by atoms with Crippen LogP contribution in [0.2, 0.25) is 0 Å². The second kappa shape index (κ2) is 5.71. The lowest BCUT2D eigenvalue weighted by Crippen LogP contribution is -2.13. The molecule has 0 radical (unpaired) electrons. The second-order valence-electron chi connectivity index (χ2n) is 4.30. The molecule has 0 spiro atoms. The fraction of sp³-hybridized carbons (Fsp3) is 0.538. The number of hydrogen-bond donors (Lipinski definition) is 1. The molecule has 0 aliphatic heterocycles. The van der Waals surface area contributed by atoms with E-state index in [9.17, 15) is 9.59 Å². The smallest absolute Gasteiger partial charge is 0.355 e. The van der Waals surface area contributed by atoms with Gasteiger partial charge in [-0.2, -0.15) is 0 Å². The van der Waals surface area contributed by atoms with Gasteiger partial charge in [-0.1, -0.05) is 0 Å². The normalized spacial score (nSPS) is 10.6. The van der Waals surface area contributed by atoms with Gasteiger partial charge in [-0.15, -0.1) is 0 Å². The number of aromatic amines is 1. The number of hydrogen-bond acceptors (Lipinski definition) is 4. The van der Waals surface area contributed by atoms with E-state index in [1.807, 2.05) is 0 Å². The lowest BCUT2D eigenvalue weighted by atomic mass is 10.1. The lowest BCUT2D eigenvalue weighted by molar-refractivity contribution is 0.0370. The zero-order valence-corrected chi connectivity index (χ0v) is 11.4. The fourth-order valence-electron chi connectivity index (χ4n) is 1.74. The van der Waals surface area contributed by atoms with Crippen LogP contribution in [0.5, 0.6) is 0 Å². The maximum Gasteiger partial charge on any atom is 0.355 e. The SMILES string of the molecule is CCOC(=O)c1c(C)[nH]c(C(=O)OC(C)C)c1C. The van der Waals surface area contributed by atoms with Gasteiger partial charge in [0.15, 0.2) is 0 Å². The molecule has 0 saturated heterocycles. The van der Waals surface area contributed by atoms with Crippen molar-refractivity contribution in [1.82, 2.24) is 4.98 Å². The first-order valence-corrected chi connectivity index (χ1v) is 5.95. The van der Waals surface area contributed by atoms with Crippen LogP contribution >= 0.6 is 0 Å². The topological polar surface area (TPSA) is 68.4 Å². The number of aryl methyl sites for hydroxylation is 1. The molecule has 0 amide bonds. The highest BCUT2D eigenvalue weighted by Gasteiger charge is 2.23. The van der Waals surface area contributed by atoms with E-state index in [-0.39, 0.29) is 6.10 Å². The van der Waals surface area contributed by atoms with Gasteiger partial charge >= 0.3 is 11.9 Å². The summed E-state index contributed by atoms with van der Waals surface area (Å²) in [5.41, 5.74) is 1.90. The van der Waals surface area contributed by atoms with Gasteiger partial charge in [0.25, 0.3) is 0 Å². The van der Waals surface area contributed by atoms with E-state index in [0.717, 1.165) is 0 Å². The van der Waals surface area contributed by atoms with E-state index in [1.165, 1.54) is 0 Å². The van der Waals surface area contributed by atoms with Gasteiger partial charge in [-0.25, -0.2) is 9.59 Å². The summed E-state index contributed by atoms with van der Waals surface area (Å²) < 4.78 is 10.1. The van der Waals surface area contributed by atoms with Gasteiger partial charge in [-0.05, 0) is 40.2 Å². The fourth-order valence-corrected chi connectivity index (χ4v) is 1.74. The molecule has 1 N–H and O–H groups in total. The number of aromatic nitrogens is 1. The Morgan fingerprint density at radius 3 is 2.33 bits per heavy atom. The Bertz CT molecular complexity index is 460. The number of ether oxygens (including phenoxy) is 2. The molecule has 5 heteroatoms. The summed E-state index contributed by atoms with van der Waals surface area (Å²) in [6.07, 6.45) is -0.202. The first-order chi connectivity index (χ1) is 8.38. The van der Waals surface area contributed by atoms with Crippen molar-refractivity contribution in [1.29, 1.82) is 0 Å². The average molecular weight is 253 g/mol. The molecule has 1 aromatic rings. The van der Waals surface area contributed by atoms with Crippen LogP contribution in [-0.4, -0.2) is 29.6 Å². The molecular weight excluding hydrogens is 234 g/mol. The van der Waals surface area contributed by atoms with E-state index in [4.69, 9.17) is 9.47 Å². The molecule has 0 aliphatic carbocycles. The Labute approximate surface area is 106 Å². The maximum atomic E-state index is 11.8. The minimum Gasteiger partial charge on any atom is -0.462 e. The minimum atomic E-state index is -0.457. The highest BCUT2D eigenvalue weighted by atomic mass is 16.5. The quantitative estimate of drug-likeness (QED) is 0.836. The third-order valence-corrected chi connectivity index (χ3v) is 2.46. The molecule has 0 aromatic carbocycles. The number of rotatable bonds is 4. The van der Waals surface area contributed by atoms with Gasteiger partial charge in [-0.3, -0.25) is 0 Å². The largest absolute Gasteiger partial charge is 0.462 e. The van der Waals surface area contributed by atoms with E-state index in [2.05, 4.69) is 4.98 Å². The number of carbonyl (C=O) groups excluding carboxylic acids is 2. The maximum absolute atomic E-state index is 11.8. The zero-order chi connectivity index (χ0) is 13.9. The van der Waals surface area contributed by atoms with Crippen LogP contribution in [0.1, 0.15) is 52.9 Å². The first-order valence-electron chi connectivity index (χ1n) is 5.95. The molecule has 1 aromatic heterocycles. The van der Waals surface area contributed by atoms with Gasteiger partial charge in [0.1, 0.15) is 5.69 Å². The Hall–Kier alpha value is -1.78. The highest BCUT2D eigenvalue weighted by Crippen LogP contribution is 2.20. The van der Waals surface area contributed by atoms with Crippen molar-refractivity contribution in [3.63, 3.8) is 0 Å². The summed E-state index contributed by atoms with van der Waals surface area (Å²) in [7, 11) is 0. The molecule has 0 fully saturated rings. The molecule has 100 valence electrons. The molecular formula is C13H19NO4. The summed E-state index contributed by atoms with van der Waals surface area (Å²) >= 11 is 0. The van der Waals surface area contributed by atoms with E-state index >= 15 is 0 Å². The van der Waals surface area contributed by atoms with Crippen molar-refractivity contribution < 1.29 is 19.1 Å². The Balaban J connectivity index is 3.07. The van der Waals surface area contributed by atoms with E-state index < -0.39 is 11.9 Å². The molecule has 1 heterocycles. The summed E-state index contributed by atoms with van der Waals surface area (Å²) in [6.45, 7) is 9.01. The monoisotopic (exact) mass is 253 g/mol.